The first-order valence-electron chi connectivity index (χ1n) is 18.0. The summed E-state index contributed by atoms with van der Waals surface area (Å²) in [6.45, 7) is 4.89. The van der Waals surface area contributed by atoms with E-state index in [4.69, 9.17) is 15.0 Å². The van der Waals surface area contributed by atoms with Gasteiger partial charge in [0.2, 0.25) is 0 Å². The zero-order valence-electron chi connectivity index (χ0n) is 29.1. The minimum atomic E-state index is 0.282. The van der Waals surface area contributed by atoms with Gasteiger partial charge in [0.1, 0.15) is 0 Å². The first-order chi connectivity index (χ1) is 24.9. The number of fused-ring (bicyclic) bond motifs is 2. The zero-order chi connectivity index (χ0) is 35.0. The van der Waals surface area contributed by atoms with E-state index in [9.17, 15) is 10.5 Å². The molecule has 1 unspecified atom stereocenters. The molecule has 0 radical (unpaired) electrons. The van der Waals surface area contributed by atoms with E-state index in [1.165, 1.54) is 37.7 Å². The standard InChI is InChI=1S/C46H39N5/c1-30-20-34-21-31(2)26-46(25-30,27-34)42-18-16-36(17-19-42)40-22-39(35-6-4-3-5-7-35)23-41(24-40)45-50-43(37-12-8-32(28-47)9-13-37)49-44(51-45)38-14-10-33(29-48)11-15-38/h3-19,22-24,30-31,34H,20-21,25-27H2,1-2H3/t30-,31+,34-,46?. The van der Waals surface area contributed by atoms with Gasteiger partial charge in [-0.2, -0.15) is 10.5 Å². The Hall–Kier alpha value is -5.91. The summed E-state index contributed by atoms with van der Waals surface area (Å²) in [6.07, 6.45) is 6.62. The van der Waals surface area contributed by atoms with Gasteiger partial charge in [-0.05, 0) is 150 Å². The van der Waals surface area contributed by atoms with Crippen LogP contribution in [-0.2, 0) is 5.41 Å². The van der Waals surface area contributed by atoms with Gasteiger partial charge in [-0.25, -0.2) is 15.0 Å². The fourth-order valence-electron chi connectivity index (χ4n) is 8.95. The number of nitrogens with zero attached hydrogens (tertiary/aromatic N) is 5. The lowest BCUT2D eigenvalue weighted by Crippen LogP contribution is -2.42. The van der Waals surface area contributed by atoms with Crippen molar-refractivity contribution < 1.29 is 0 Å². The molecule has 0 spiro atoms. The van der Waals surface area contributed by atoms with Crippen LogP contribution in [0.1, 0.15) is 62.6 Å². The molecule has 2 bridgehead atoms. The number of aromatic nitrogens is 3. The van der Waals surface area contributed by atoms with Crippen LogP contribution in [0, 0.1) is 40.4 Å². The van der Waals surface area contributed by atoms with E-state index >= 15 is 0 Å². The molecule has 6 aromatic rings. The average Bonchev–Trinajstić information content (AvgIpc) is 3.17. The maximum atomic E-state index is 9.39. The third kappa shape index (κ3) is 6.56. The highest BCUT2D eigenvalue weighted by Crippen LogP contribution is 2.54. The van der Waals surface area contributed by atoms with Crippen molar-refractivity contribution in [3.63, 3.8) is 0 Å². The molecule has 1 aromatic heterocycles. The second kappa shape index (κ2) is 13.4. The van der Waals surface area contributed by atoms with Gasteiger partial charge in [0.15, 0.2) is 17.5 Å². The smallest absolute Gasteiger partial charge is 0.164 e. The monoisotopic (exact) mass is 661 g/mol. The van der Waals surface area contributed by atoms with Crippen LogP contribution in [0.4, 0.5) is 0 Å². The molecule has 0 N–H and O–H groups in total. The lowest BCUT2D eigenvalue weighted by atomic mass is 9.54. The first-order valence-corrected chi connectivity index (χ1v) is 18.0. The van der Waals surface area contributed by atoms with Crippen LogP contribution in [-0.4, -0.2) is 15.0 Å². The summed E-state index contributed by atoms with van der Waals surface area (Å²) in [6, 6.07) is 45.4. The summed E-state index contributed by atoms with van der Waals surface area (Å²) in [4.78, 5) is 14.9. The largest absolute Gasteiger partial charge is 0.208 e. The summed E-state index contributed by atoms with van der Waals surface area (Å²) < 4.78 is 0. The van der Waals surface area contributed by atoms with Crippen LogP contribution < -0.4 is 0 Å². The number of hydrogen-bond acceptors (Lipinski definition) is 5. The van der Waals surface area contributed by atoms with E-state index in [0.717, 1.165) is 56.7 Å². The van der Waals surface area contributed by atoms with Crippen molar-refractivity contribution in [2.75, 3.05) is 0 Å². The Morgan fingerprint density at radius 2 is 0.922 bits per heavy atom. The van der Waals surface area contributed by atoms with Crippen molar-refractivity contribution >= 4 is 0 Å². The minimum Gasteiger partial charge on any atom is -0.208 e. The van der Waals surface area contributed by atoms with Crippen LogP contribution >= 0.6 is 0 Å². The normalized spacial score (nSPS) is 21.0. The summed E-state index contributed by atoms with van der Waals surface area (Å²) in [7, 11) is 0. The molecule has 5 nitrogen and oxygen atoms in total. The average molecular weight is 662 g/mol. The molecular formula is C46H39N5. The van der Waals surface area contributed by atoms with Gasteiger partial charge < -0.3 is 0 Å². The molecule has 4 atom stereocenters. The third-order valence-electron chi connectivity index (χ3n) is 10.9. The predicted octanol–water partition coefficient (Wildman–Crippen LogP) is 11.1. The molecule has 2 aliphatic rings. The number of hydrogen-bond donors (Lipinski definition) is 0. The highest BCUT2D eigenvalue weighted by atomic mass is 15.0. The molecule has 0 amide bonds. The lowest BCUT2D eigenvalue weighted by molar-refractivity contribution is 0.0780. The molecule has 0 aliphatic heterocycles. The van der Waals surface area contributed by atoms with E-state index in [1.807, 2.05) is 30.3 Å². The highest BCUT2D eigenvalue weighted by Gasteiger charge is 2.45. The Kier molecular flexibility index (Phi) is 8.50. The van der Waals surface area contributed by atoms with E-state index in [0.29, 0.717) is 28.6 Å². The summed E-state index contributed by atoms with van der Waals surface area (Å²) in [5, 5.41) is 18.8. The maximum absolute atomic E-state index is 9.39. The van der Waals surface area contributed by atoms with Crippen molar-refractivity contribution in [1.29, 1.82) is 10.5 Å². The van der Waals surface area contributed by atoms with Crippen molar-refractivity contribution in [2.24, 2.45) is 17.8 Å². The minimum absolute atomic E-state index is 0.282. The molecular weight excluding hydrogens is 623 g/mol. The van der Waals surface area contributed by atoms with Gasteiger partial charge in [0.25, 0.3) is 0 Å². The number of nitriles is 2. The molecule has 248 valence electrons. The number of rotatable bonds is 6. The Labute approximate surface area is 300 Å². The molecule has 51 heavy (non-hydrogen) atoms. The zero-order valence-corrected chi connectivity index (χ0v) is 29.1. The third-order valence-corrected chi connectivity index (χ3v) is 10.9. The molecule has 2 fully saturated rings. The van der Waals surface area contributed by atoms with Crippen molar-refractivity contribution in [1.82, 2.24) is 15.0 Å². The topological polar surface area (TPSA) is 86.2 Å². The fraction of sp³-hybridized carbons (Fsp3) is 0.239. The van der Waals surface area contributed by atoms with Gasteiger partial charge >= 0.3 is 0 Å². The predicted molar refractivity (Wildman–Crippen MR) is 203 cm³/mol. The van der Waals surface area contributed by atoms with Gasteiger partial charge in [0.05, 0.1) is 23.3 Å². The maximum Gasteiger partial charge on any atom is 0.164 e. The van der Waals surface area contributed by atoms with Gasteiger partial charge in [-0.15, -0.1) is 0 Å². The van der Waals surface area contributed by atoms with Crippen molar-refractivity contribution in [3.05, 3.63) is 138 Å². The van der Waals surface area contributed by atoms with Crippen LogP contribution in [0.25, 0.3) is 56.4 Å². The van der Waals surface area contributed by atoms with E-state index in [2.05, 4.69) is 92.7 Å². The SMILES string of the molecule is C[C@@H]1C[C@@H]2C[C@H](C)CC(c3ccc(-c4cc(-c5ccccc5)cc(-c5nc(-c6ccc(C#N)cc6)nc(-c6ccc(C#N)cc6)n5)c4)cc3)(C1)C2. The van der Waals surface area contributed by atoms with Crippen LogP contribution in [0.15, 0.2) is 121 Å². The van der Waals surface area contributed by atoms with Gasteiger partial charge in [-0.3, -0.25) is 0 Å². The van der Waals surface area contributed by atoms with Crippen molar-refractivity contribution in [3.8, 4) is 68.6 Å². The number of benzene rings is 5. The Morgan fingerprint density at radius 3 is 1.41 bits per heavy atom. The molecule has 0 saturated heterocycles. The van der Waals surface area contributed by atoms with Crippen LogP contribution in [0.5, 0.6) is 0 Å². The second-order valence-corrected chi connectivity index (χ2v) is 14.9. The van der Waals surface area contributed by atoms with Crippen LogP contribution in [0.3, 0.4) is 0 Å². The fourth-order valence-corrected chi connectivity index (χ4v) is 8.95. The lowest BCUT2D eigenvalue weighted by Gasteiger charge is -2.50. The Morgan fingerprint density at radius 1 is 0.490 bits per heavy atom. The van der Waals surface area contributed by atoms with Gasteiger partial charge in [-0.1, -0.05) is 68.4 Å². The molecule has 8 rings (SSSR count). The van der Waals surface area contributed by atoms with Gasteiger partial charge in [0, 0.05) is 16.7 Å². The molecule has 2 saturated carbocycles. The summed E-state index contributed by atoms with van der Waals surface area (Å²) in [5.74, 6) is 3.96. The highest BCUT2D eigenvalue weighted by molar-refractivity contribution is 5.80. The Bertz CT molecular complexity index is 2180. The second-order valence-electron chi connectivity index (χ2n) is 14.9. The quantitative estimate of drug-likeness (QED) is 0.177. The summed E-state index contributed by atoms with van der Waals surface area (Å²) in [5.41, 5.74) is 9.83. The van der Waals surface area contributed by atoms with E-state index in [1.54, 1.807) is 24.3 Å². The Balaban J connectivity index is 1.25. The van der Waals surface area contributed by atoms with E-state index < -0.39 is 0 Å². The molecule has 5 heteroatoms. The molecule has 1 heterocycles. The molecule has 2 aliphatic carbocycles. The van der Waals surface area contributed by atoms with E-state index in [-0.39, 0.29) is 5.41 Å². The van der Waals surface area contributed by atoms with Crippen molar-refractivity contribution in [2.45, 2.75) is 51.4 Å². The summed E-state index contributed by atoms with van der Waals surface area (Å²) >= 11 is 0. The molecule has 5 aromatic carbocycles. The first kappa shape index (κ1) is 32.3. The van der Waals surface area contributed by atoms with Crippen LogP contribution in [0.2, 0.25) is 0 Å².